The number of hydrogen-bond acceptors (Lipinski definition) is 0. The number of benzene rings is 2. The van der Waals surface area contributed by atoms with Gasteiger partial charge in [-0.05, 0) is 101 Å². The first-order chi connectivity index (χ1) is 13.2. The lowest BCUT2D eigenvalue weighted by atomic mass is 9.13. The summed E-state index contributed by atoms with van der Waals surface area (Å²) in [5.41, 5.74) is 5.91. The van der Waals surface area contributed by atoms with E-state index in [-0.39, 0.29) is 0 Å². The highest BCUT2D eigenvalue weighted by Gasteiger charge is 2.86. The zero-order valence-electron chi connectivity index (χ0n) is 16.0. The van der Waals surface area contributed by atoms with Crippen LogP contribution in [-0.4, -0.2) is 0 Å². The first-order valence-electron chi connectivity index (χ1n) is 11.3. The van der Waals surface area contributed by atoms with Crippen LogP contribution < -0.4 is 0 Å². The van der Waals surface area contributed by atoms with Crippen molar-refractivity contribution >= 4 is 0 Å². The minimum atomic E-state index is 0.537. The lowest BCUT2D eigenvalue weighted by Crippen LogP contribution is -2.85. The molecule has 0 saturated heterocycles. The molecule has 6 unspecified atom stereocenters. The van der Waals surface area contributed by atoms with Gasteiger partial charge in [0.05, 0.1) is 0 Å². The third kappa shape index (κ3) is 1.32. The van der Waals surface area contributed by atoms with Crippen molar-refractivity contribution in [1.29, 1.82) is 0 Å². The van der Waals surface area contributed by atoms with Crippen molar-refractivity contribution < 1.29 is 0 Å². The minimum Gasteiger partial charge on any atom is -0.0622 e. The fraction of sp³-hybridized carbons (Fsp3) is 0.556. The van der Waals surface area contributed by atoms with E-state index in [4.69, 9.17) is 0 Å². The normalized spacial score (nSPS) is 55.0. The van der Waals surface area contributed by atoms with Crippen LogP contribution in [0.1, 0.15) is 56.1 Å². The van der Waals surface area contributed by atoms with E-state index in [1.807, 2.05) is 0 Å². The second-order valence-corrected chi connectivity index (χ2v) is 11.5. The maximum Gasteiger partial charge on any atom is -0.00332 e. The molecule has 9 aliphatic carbocycles. The Morgan fingerprint density at radius 2 is 1.11 bits per heavy atom. The summed E-state index contributed by atoms with van der Waals surface area (Å²) in [5.74, 6) is 4.16. The molecule has 136 valence electrons. The summed E-state index contributed by atoms with van der Waals surface area (Å²) in [5, 5.41) is 0. The van der Waals surface area contributed by atoms with E-state index in [0.717, 1.165) is 34.5 Å². The van der Waals surface area contributed by atoms with Crippen LogP contribution in [0.25, 0.3) is 0 Å². The summed E-state index contributed by atoms with van der Waals surface area (Å²) in [6.45, 7) is 0. The van der Waals surface area contributed by atoms with Crippen molar-refractivity contribution in [1.82, 2.24) is 0 Å². The van der Waals surface area contributed by atoms with E-state index in [9.17, 15) is 0 Å². The molecule has 0 heterocycles. The third-order valence-corrected chi connectivity index (χ3v) is 11.1. The smallest absolute Gasteiger partial charge is 0.00332 e. The van der Waals surface area contributed by atoms with E-state index in [0.29, 0.717) is 10.8 Å². The second kappa shape index (κ2) is 4.07. The van der Waals surface area contributed by atoms with Crippen molar-refractivity contribution in [2.75, 3.05) is 0 Å². The second-order valence-electron chi connectivity index (χ2n) is 11.5. The maximum absolute atomic E-state index is 2.46. The lowest BCUT2D eigenvalue weighted by Gasteiger charge is -2.91. The van der Waals surface area contributed by atoms with Crippen molar-refractivity contribution in [2.24, 2.45) is 34.5 Å². The van der Waals surface area contributed by atoms with Gasteiger partial charge < -0.3 is 0 Å². The Balaban J connectivity index is 1.28. The summed E-state index contributed by atoms with van der Waals surface area (Å²) in [6.07, 6.45) is 10.7. The molecule has 2 aromatic carbocycles. The molecule has 0 aromatic heterocycles. The fourth-order valence-corrected chi connectivity index (χ4v) is 10.9. The monoisotopic (exact) mass is 352 g/mol. The van der Waals surface area contributed by atoms with Crippen LogP contribution in [0.2, 0.25) is 0 Å². The Morgan fingerprint density at radius 1 is 0.556 bits per heavy atom. The van der Waals surface area contributed by atoms with Gasteiger partial charge in [0.25, 0.3) is 0 Å². The lowest BCUT2D eigenvalue weighted by molar-refractivity contribution is -0.398. The van der Waals surface area contributed by atoms with E-state index < -0.39 is 0 Å². The highest BCUT2D eigenvalue weighted by molar-refractivity contribution is 5.45. The molecule has 9 saturated carbocycles. The molecule has 9 aliphatic rings. The average molecular weight is 353 g/mol. The van der Waals surface area contributed by atoms with E-state index in [1.54, 1.807) is 17.5 Å². The van der Waals surface area contributed by atoms with Gasteiger partial charge in [0.1, 0.15) is 0 Å². The van der Waals surface area contributed by atoms with Crippen molar-refractivity contribution in [3.05, 3.63) is 71.8 Å². The van der Waals surface area contributed by atoms with Crippen LogP contribution in [0, 0.1) is 34.5 Å². The van der Waals surface area contributed by atoms with Crippen molar-refractivity contribution in [3.8, 4) is 0 Å². The number of rotatable bonds is 2. The largest absolute Gasteiger partial charge is 0.0622 e. The molecule has 0 N–H and O–H groups in total. The van der Waals surface area contributed by atoms with Gasteiger partial charge in [-0.3, -0.25) is 0 Å². The third-order valence-electron chi connectivity index (χ3n) is 11.1. The first kappa shape index (κ1) is 14.4. The molecule has 0 heteroatoms. The molecule has 27 heavy (non-hydrogen) atoms. The topological polar surface area (TPSA) is 0 Å². The van der Waals surface area contributed by atoms with E-state index in [1.165, 1.54) is 38.5 Å². The SMILES string of the molecule is c1ccc(C23CC4C56CC7(c8ccccc8)CC([C@H]5C2)[C@H](C3)C4(C7)C6)cc1. The van der Waals surface area contributed by atoms with E-state index >= 15 is 0 Å². The van der Waals surface area contributed by atoms with E-state index in [2.05, 4.69) is 60.7 Å². The van der Waals surface area contributed by atoms with Gasteiger partial charge in [-0.15, -0.1) is 0 Å². The molecule has 11 rings (SSSR count). The van der Waals surface area contributed by atoms with Gasteiger partial charge in [-0.2, -0.15) is 0 Å². The van der Waals surface area contributed by atoms with Crippen LogP contribution in [0.3, 0.4) is 0 Å². The zero-order valence-corrected chi connectivity index (χ0v) is 16.0. The highest BCUT2D eigenvalue weighted by Crippen LogP contribution is 2.93. The van der Waals surface area contributed by atoms with Gasteiger partial charge in [0.15, 0.2) is 0 Å². The average Bonchev–Trinajstić information content (AvgIpc) is 2.72. The molecule has 0 nitrogen and oxygen atoms in total. The number of hydrogen-bond donors (Lipinski definition) is 0. The summed E-state index contributed by atoms with van der Waals surface area (Å²) < 4.78 is 0. The Morgan fingerprint density at radius 3 is 1.70 bits per heavy atom. The summed E-state index contributed by atoms with van der Waals surface area (Å²) in [7, 11) is 0. The quantitative estimate of drug-likeness (QED) is 0.611. The maximum atomic E-state index is 2.46. The van der Waals surface area contributed by atoms with Gasteiger partial charge in [-0.25, -0.2) is 0 Å². The van der Waals surface area contributed by atoms with Crippen LogP contribution in [0.15, 0.2) is 60.7 Å². The fourth-order valence-electron chi connectivity index (χ4n) is 10.9. The standard InChI is InChI=1S/C27H28/c1-3-7-18(8-4-1)24-12-21-20-11-25(19-9-5-2-6-10-19)15-26(21)17-27(16-25,22(20)13-24)23(26)14-24/h1-10,20-23H,11-17H2/t20?,21-,22+,23?,24?,25?,26?,27?. The summed E-state index contributed by atoms with van der Waals surface area (Å²) >= 11 is 0. The molecule has 2 aromatic rings. The zero-order chi connectivity index (χ0) is 17.5. The Hall–Kier alpha value is -1.56. The molecule has 0 amide bonds. The van der Waals surface area contributed by atoms with Gasteiger partial charge in [0, 0.05) is 0 Å². The molecular weight excluding hydrogens is 324 g/mol. The molecule has 0 radical (unpaired) electrons. The molecular formula is C27H28. The van der Waals surface area contributed by atoms with Gasteiger partial charge >= 0.3 is 0 Å². The molecule has 9 fully saturated rings. The van der Waals surface area contributed by atoms with Crippen molar-refractivity contribution in [2.45, 2.75) is 55.8 Å². The Bertz CT molecular complexity index is 908. The Kier molecular flexibility index (Phi) is 2.18. The van der Waals surface area contributed by atoms with Crippen molar-refractivity contribution in [3.63, 3.8) is 0 Å². The summed E-state index contributed by atoms with van der Waals surface area (Å²) in [4.78, 5) is 0. The van der Waals surface area contributed by atoms with Crippen LogP contribution in [-0.2, 0) is 10.8 Å². The molecule has 8 atom stereocenters. The van der Waals surface area contributed by atoms with Gasteiger partial charge in [0.2, 0.25) is 0 Å². The minimum absolute atomic E-state index is 0.537. The van der Waals surface area contributed by atoms with Gasteiger partial charge in [-0.1, -0.05) is 60.7 Å². The predicted octanol–water partition coefficient (Wildman–Crippen LogP) is 6.11. The van der Waals surface area contributed by atoms with Crippen LogP contribution in [0.4, 0.5) is 0 Å². The van der Waals surface area contributed by atoms with Crippen LogP contribution in [0.5, 0.6) is 0 Å². The van der Waals surface area contributed by atoms with Crippen LogP contribution >= 0.6 is 0 Å². The summed E-state index contributed by atoms with van der Waals surface area (Å²) in [6, 6.07) is 23.4. The predicted molar refractivity (Wildman–Crippen MR) is 107 cm³/mol. The first-order valence-corrected chi connectivity index (χ1v) is 11.3. The molecule has 0 aliphatic heterocycles. The molecule has 8 bridgehead atoms. The highest BCUT2D eigenvalue weighted by atomic mass is 14.9. The molecule has 2 spiro atoms. The Labute approximate surface area is 162 Å².